The lowest BCUT2D eigenvalue weighted by atomic mass is 9.73. The standard InChI is InChI=1S/C13H23Cl/c1-10-6-7-13(9-12(10)3)11(2)5-4-8-14/h5,10,12-13H,4,6-9H2,1-3H3/b11-5+. The van der Waals surface area contributed by atoms with Crippen molar-refractivity contribution in [1.29, 1.82) is 0 Å². The Labute approximate surface area is 93.7 Å². The Bertz CT molecular complexity index is 195. The molecule has 3 atom stereocenters. The van der Waals surface area contributed by atoms with Crippen molar-refractivity contribution in [2.45, 2.75) is 46.5 Å². The normalized spacial score (nSPS) is 34.6. The van der Waals surface area contributed by atoms with E-state index in [2.05, 4.69) is 26.8 Å². The zero-order chi connectivity index (χ0) is 10.6. The van der Waals surface area contributed by atoms with Crippen LogP contribution >= 0.6 is 11.6 Å². The van der Waals surface area contributed by atoms with E-state index in [9.17, 15) is 0 Å². The van der Waals surface area contributed by atoms with Crippen LogP contribution in [-0.2, 0) is 0 Å². The minimum absolute atomic E-state index is 0.760. The van der Waals surface area contributed by atoms with E-state index in [4.69, 9.17) is 11.6 Å². The number of alkyl halides is 1. The molecule has 1 aliphatic carbocycles. The molecule has 1 saturated carbocycles. The van der Waals surface area contributed by atoms with E-state index in [-0.39, 0.29) is 0 Å². The molecule has 3 unspecified atom stereocenters. The van der Waals surface area contributed by atoms with Crippen molar-refractivity contribution in [2.75, 3.05) is 5.88 Å². The van der Waals surface area contributed by atoms with Crippen LogP contribution in [0.4, 0.5) is 0 Å². The summed E-state index contributed by atoms with van der Waals surface area (Å²) in [4.78, 5) is 0. The molecule has 0 nitrogen and oxygen atoms in total. The fraction of sp³-hybridized carbons (Fsp3) is 0.846. The Kier molecular flexibility index (Phi) is 5.01. The maximum atomic E-state index is 5.69. The van der Waals surface area contributed by atoms with Gasteiger partial charge >= 0.3 is 0 Å². The summed E-state index contributed by atoms with van der Waals surface area (Å²) in [5.74, 6) is 3.42. The first-order chi connectivity index (χ1) is 6.65. The Morgan fingerprint density at radius 1 is 1.29 bits per heavy atom. The van der Waals surface area contributed by atoms with Crippen molar-refractivity contribution in [2.24, 2.45) is 17.8 Å². The topological polar surface area (TPSA) is 0 Å². The molecular weight excluding hydrogens is 192 g/mol. The van der Waals surface area contributed by atoms with Gasteiger partial charge in [0.1, 0.15) is 0 Å². The largest absolute Gasteiger partial charge is 0.126 e. The van der Waals surface area contributed by atoms with Gasteiger partial charge in [-0.3, -0.25) is 0 Å². The summed E-state index contributed by atoms with van der Waals surface area (Å²) in [6.45, 7) is 7.06. The number of hydrogen-bond donors (Lipinski definition) is 0. The first-order valence-electron chi connectivity index (χ1n) is 5.87. The van der Waals surface area contributed by atoms with Gasteiger partial charge in [-0.15, -0.1) is 11.6 Å². The molecule has 0 aromatic heterocycles. The summed E-state index contributed by atoms with van der Waals surface area (Å²) >= 11 is 5.69. The second-order valence-electron chi connectivity index (χ2n) is 4.89. The number of allylic oxidation sites excluding steroid dienone is 2. The molecule has 1 fully saturated rings. The van der Waals surface area contributed by atoms with Crippen LogP contribution in [0.5, 0.6) is 0 Å². The average Bonchev–Trinajstić information content (AvgIpc) is 2.18. The molecule has 0 aromatic carbocycles. The summed E-state index contributed by atoms with van der Waals surface area (Å²) in [6.07, 6.45) is 7.54. The fourth-order valence-electron chi connectivity index (χ4n) is 2.41. The van der Waals surface area contributed by atoms with Gasteiger partial charge < -0.3 is 0 Å². The van der Waals surface area contributed by atoms with Crippen molar-refractivity contribution in [3.63, 3.8) is 0 Å². The molecule has 0 spiro atoms. The molecule has 0 saturated heterocycles. The third-order valence-electron chi connectivity index (χ3n) is 3.82. The fourth-order valence-corrected chi connectivity index (χ4v) is 2.52. The Balaban J connectivity index is 2.45. The Morgan fingerprint density at radius 2 is 2.00 bits per heavy atom. The van der Waals surface area contributed by atoms with Gasteiger partial charge in [-0.1, -0.05) is 25.5 Å². The lowest BCUT2D eigenvalue weighted by Gasteiger charge is -2.32. The van der Waals surface area contributed by atoms with Crippen LogP contribution in [0.2, 0.25) is 0 Å². The van der Waals surface area contributed by atoms with E-state index >= 15 is 0 Å². The molecule has 0 aromatic rings. The summed E-state index contributed by atoms with van der Waals surface area (Å²) in [5.41, 5.74) is 1.57. The van der Waals surface area contributed by atoms with E-state index in [1.54, 1.807) is 5.57 Å². The summed E-state index contributed by atoms with van der Waals surface area (Å²) in [7, 11) is 0. The van der Waals surface area contributed by atoms with Gasteiger partial charge in [0.25, 0.3) is 0 Å². The van der Waals surface area contributed by atoms with Crippen LogP contribution < -0.4 is 0 Å². The van der Waals surface area contributed by atoms with Gasteiger partial charge in [0.2, 0.25) is 0 Å². The maximum Gasteiger partial charge on any atom is 0.0258 e. The summed E-state index contributed by atoms with van der Waals surface area (Å²) in [6, 6.07) is 0. The van der Waals surface area contributed by atoms with Crippen molar-refractivity contribution in [3.8, 4) is 0 Å². The second kappa shape index (κ2) is 5.80. The Hall–Kier alpha value is 0.0300. The van der Waals surface area contributed by atoms with E-state index in [0.717, 1.165) is 30.1 Å². The van der Waals surface area contributed by atoms with Crippen LogP contribution in [0.25, 0.3) is 0 Å². The highest BCUT2D eigenvalue weighted by atomic mass is 35.5. The molecule has 0 N–H and O–H groups in total. The monoisotopic (exact) mass is 214 g/mol. The quantitative estimate of drug-likeness (QED) is 0.475. The zero-order valence-corrected chi connectivity index (χ0v) is 10.5. The predicted octanol–water partition coefficient (Wildman–Crippen LogP) is 4.63. The molecule has 0 bridgehead atoms. The van der Waals surface area contributed by atoms with E-state index in [1.807, 2.05) is 0 Å². The number of rotatable bonds is 3. The van der Waals surface area contributed by atoms with Crippen LogP contribution in [0.15, 0.2) is 11.6 Å². The second-order valence-corrected chi connectivity index (χ2v) is 5.27. The molecular formula is C13H23Cl. The molecule has 0 aliphatic heterocycles. The van der Waals surface area contributed by atoms with Crippen LogP contribution in [-0.4, -0.2) is 5.88 Å². The SMILES string of the molecule is C/C(=C\CCCl)C1CCC(C)C(C)C1. The number of halogens is 1. The summed E-state index contributed by atoms with van der Waals surface area (Å²) in [5, 5.41) is 0. The molecule has 0 amide bonds. The molecule has 0 radical (unpaired) electrons. The molecule has 0 heterocycles. The van der Waals surface area contributed by atoms with Gasteiger partial charge in [-0.25, -0.2) is 0 Å². The third-order valence-corrected chi connectivity index (χ3v) is 4.04. The lowest BCUT2D eigenvalue weighted by Crippen LogP contribution is -2.21. The average molecular weight is 215 g/mol. The minimum Gasteiger partial charge on any atom is -0.126 e. The molecule has 1 aliphatic rings. The summed E-state index contributed by atoms with van der Waals surface area (Å²) < 4.78 is 0. The van der Waals surface area contributed by atoms with Gasteiger partial charge in [0, 0.05) is 5.88 Å². The van der Waals surface area contributed by atoms with Crippen LogP contribution in [0.3, 0.4) is 0 Å². The van der Waals surface area contributed by atoms with E-state index in [1.165, 1.54) is 19.3 Å². The van der Waals surface area contributed by atoms with Crippen LogP contribution in [0.1, 0.15) is 46.5 Å². The van der Waals surface area contributed by atoms with E-state index < -0.39 is 0 Å². The van der Waals surface area contributed by atoms with Crippen molar-refractivity contribution in [3.05, 3.63) is 11.6 Å². The molecule has 1 rings (SSSR count). The van der Waals surface area contributed by atoms with Gasteiger partial charge in [-0.05, 0) is 50.4 Å². The van der Waals surface area contributed by atoms with Crippen molar-refractivity contribution in [1.82, 2.24) is 0 Å². The van der Waals surface area contributed by atoms with Gasteiger partial charge in [0.15, 0.2) is 0 Å². The first kappa shape index (κ1) is 12.1. The number of hydrogen-bond acceptors (Lipinski definition) is 0. The van der Waals surface area contributed by atoms with Crippen molar-refractivity contribution < 1.29 is 0 Å². The van der Waals surface area contributed by atoms with Gasteiger partial charge in [0.05, 0.1) is 0 Å². The predicted molar refractivity (Wildman–Crippen MR) is 64.8 cm³/mol. The highest BCUT2D eigenvalue weighted by Crippen LogP contribution is 2.36. The zero-order valence-electron chi connectivity index (χ0n) is 9.72. The highest BCUT2D eigenvalue weighted by Gasteiger charge is 2.24. The molecule has 14 heavy (non-hydrogen) atoms. The third kappa shape index (κ3) is 3.31. The highest BCUT2D eigenvalue weighted by molar-refractivity contribution is 6.17. The molecule has 82 valence electrons. The maximum absolute atomic E-state index is 5.69. The van der Waals surface area contributed by atoms with E-state index in [0.29, 0.717) is 0 Å². The first-order valence-corrected chi connectivity index (χ1v) is 6.41. The lowest BCUT2D eigenvalue weighted by molar-refractivity contribution is 0.229. The minimum atomic E-state index is 0.760. The molecule has 1 heteroatoms. The van der Waals surface area contributed by atoms with Crippen LogP contribution in [0, 0.1) is 17.8 Å². The Morgan fingerprint density at radius 3 is 2.57 bits per heavy atom. The smallest absolute Gasteiger partial charge is 0.0258 e. The van der Waals surface area contributed by atoms with Gasteiger partial charge in [-0.2, -0.15) is 0 Å². The van der Waals surface area contributed by atoms with Crippen molar-refractivity contribution >= 4 is 11.6 Å².